The number of nitrogens with zero attached hydrogens (tertiary/aromatic N) is 15. The molecule has 326 valence electrons. The number of aromatic nitrogens is 5. The summed E-state index contributed by atoms with van der Waals surface area (Å²) in [6, 6.07) is 23.0. The molecule has 0 spiro atoms. The van der Waals surface area contributed by atoms with Crippen LogP contribution in [0, 0.1) is 29.1 Å². The van der Waals surface area contributed by atoms with E-state index in [0.29, 0.717) is 40.1 Å². The van der Waals surface area contributed by atoms with Gasteiger partial charge in [-0.05, 0) is 112 Å². The quantitative estimate of drug-likeness (QED) is 0.135. The highest BCUT2D eigenvalue weighted by atomic mass is 35.5. The maximum Gasteiger partial charge on any atom is 0.329 e. The number of hydrogen-bond acceptors (Lipinski definition) is 12. The van der Waals surface area contributed by atoms with Gasteiger partial charge in [0, 0.05) is 53.5 Å². The third kappa shape index (κ3) is 12.9. The molecule has 0 aliphatic carbocycles. The molecule has 0 radical (unpaired) electrons. The van der Waals surface area contributed by atoms with Gasteiger partial charge in [0.2, 0.25) is 0 Å². The van der Waals surface area contributed by atoms with Crippen LogP contribution < -0.4 is 11.5 Å². The standard InChI is InChI=1S/C15H19N5.C8H7N.C7H12N4.C7H14N2.C3H3N5O2S.ClH/c16-15-14(12-4-2-1-3-5-12)17-18-20(15)13-10-19-8-6-11(13)7-9-19;9-7-6-8-4-2-1-3-5-8;8-10-9-7-5-11-3-1-6(7)2-4-11;8-7-5-9-3-1-6(7)2-4-9;4-6-7-11(9,10)8-2-1-5-3-8;/h1-5,11,13H,6-10,16H2;1-5H,6H2;6-7H,1-5H2;6-7H,1-5,8H2;1-3H;1H/t13-;;2*7-;;/m0.00../s1. The number of nitrogen functional groups attached to an aromatic ring is 1. The van der Waals surface area contributed by atoms with E-state index in [2.05, 4.69) is 55.5 Å². The monoisotopic (exact) mass is 873 g/mol. The number of benzene rings is 2. The molecule has 4 aromatic rings. The number of halogens is 1. The van der Waals surface area contributed by atoms with Gasteiger partial charge in [-0.3, -0.25) is 0 Å². The maximum absolute atomic E-state index is 10.8. The predicted octanol–water partition coefficient (Wildman–Crippen LogP) is 5.68. The Morgan fingerprint density at radius 2 is 1.38 bits per heavy atom. The summed E-state index contributed by atoms with van der Waals surface area (Å²) in [5.41, 5.74) is 31.3. The van der Waals surface area contributed by atoms with Gasteiger partial charge in [-0.15, -0.1) is 17.5 Å². The molecule has 0 unspecified atom stereocenters. The molecule has 0 amide bonds. The Bertz CT molecular complexity index is 2170. The number of piperidine rings is 9. The van der Waals surface area contributed by atoms with E-state index < -0.39 is 10.2 Å². The summed E-state index contributed by atoms with van der Waals surface area (Å²) >= 11 is 0. The molecule has 6 bridgehead atoms. The van der Waals surface area contributed by atoms with E-state index in [1.54, 1.807) is 0 Å². The average Bonchev–Trinajstić information content (AvgIpc) is 3.98. The SMILES string of the molecule is Cl.N#CCc1ccccc1.N[C@H]1CN2CCC1CC2.Nc1c(-c2ccccc2)nnn1[C@H]1CN2CCC1CC2.[N-]=[N+]=NS(=O)(=O)n1ccnc1.[N-]=[N+]=N[C@H]1CN2CCC1CC2. The molecule has 0 saturated carbocycles. The van der Waals surface area contributed by atoms with E-state index in [1.807, 2.05) is 65.3 Å². The summed E-state index contributed by atoms with van der Waals surface area (Å²) in [4.78, 5) is 15.9. The summed E-state index contributed by atoms with van der Waals surface area (Å²) in [5.74, 6) is 2.94. The van der Waals surface area contributed by atoms with Gasteiger partial charge < -0.3 is 26.2 Å². The van der Waals surface area contributed by atoms with Gasteiger partial charge in [-0.1, -0.05) is 71.0 Å². The molecule has 2 aromatic heterocycles. The second-order valence-electron chi connectivity index (χ2n) is 15.9. The first-order chi connectivity index (χ1) is 29.2. The highest BCUT2D eigenvalue weighted by molar-refractivity contribution is 7.88. The Morgan fingerprint density at radius 1 is 0.803 bits per heavy atom. The Labute approximate surface area is 363 Å². The Morgan fingerprint density at radius 3 is 1.82 bits per heavy atom. The fourth-order valence-electron chi connectivity index (χ4n) is 8.86. The zero-order chi connectivity index (χ0) is 42.3. The van der Waals surface area contributed by atoms with Crippen LogP contribution in [0.15, 0.2) is 89.0 Å². The fourth-order valence-corrected chi connectivity index (χ4v) is 9.42. The number of azide groups is 2. The molecule has 19 nitrogen and oxygen atoms in total. The summed E-state index contributed by atoms with van der Waals surface area (Å²) in [6.45, 7) is 10.7. The molecule has 13 rings (SSSR count). The zero-order valence-electron chi connectivity index (χ0n) is 34.3. The third-order valence-electron chi connectivity index (χ3n) is 12.3. The lowest BCUT2D eigenvalue weighted by Gasteiger charge is -2.44. The number of rotatable bonds is 6. The van der Waals surface area contributed by atoms with Crippen molar-refractivity contribution >= 4 is 28.4 Å². The van der Waals surface area contributed by atoms with Gasteiger partial charge in [0.15, 0.2) is 5.82 Å². The summed E-state index contributed by atoms with van der Waals surface area (Å²) in [7, 11) is -3.90. The Hall–Kier alpha value is -5.22. The van der Waals surface area contributed by atoms with Crippen molar-refractivity contribution in [1.29, 1.82) is 5.26 Å². The van der Waals surface area contributed by atoms with E-state index in [0.717, 1.165) is 48.7 Å². The topological polar surface area (TPSA) is 266 Å². The minimum Gasteiger partial charge on any atom is -0.382 e. The first-order valence-corrected chi connectivity index (χ1v) is 22.0. The van der Waals surface area contributed by atoms with Crippen LogP contribution in [-0.4, -0.2) is 118 Å². The van der Waals surface area contributed by atoms with Crippen LogP contribution in [0.25, 0.3) is 32.1 Å². The summed E-state index contributed by atoms with van der Waals surface area (Å²) < 4.78 is 26.8. The van der Waals surface area contributed by atoms with Crippen molar-refractivity contribution in [2.75, 3.05) is 64.6 Å². The molecule has 3 atom stereocenters. The lowest BCUT2D eigenvalue weighted by Crippen LogP contribution is -2.54. The van der Waals surface area contributed by atoms with E-state index in [4.69, 9.17) is 27.8 Å². The first kappa shape index (κ1) is 46.8. The fraction of sp³-hybridized carbons (Fsp3) is 0.550. The van der Waals surface area contributed by atoms with Crippen molar-refractivity contribution < 1.29 is 8.42 Å². The second kappa shape index (κ2) is 23.1. The van der Waals surface area contributed by atoms with Crippen molar-refractivity contribution in [2.24, 2.45) is 33.1 Å². The van der Waals surface area contributed by atoms with Gasteiger partial charge in [0.05, 0.1) is 29.1 Å². The summed E-state index contributed by atoms with van der Waals surface area (Å²) in [5, 5.41) is 20.7. The Balaban J connectivity index is 0.000000150. The number of hydrogen-bond donors (Lipinski definition) is 2. The molecule has 9 aliphatic heterocycles. The molecule has 21 heteroatoms. The van der Waals surface area contributed by atoms with Crippen molar-refractivity contribution in [3.63, 3.8) is 0 Å². The zero-order valence-corrected chi connectivity index (χ0v) is 35.9. The predicted molar refractivity (Wildman–Crippen MR) is 236 cm³/mol. The second-order valence-corrected chi connectivity index (χ2v) is 17.4. The van der Waals surface area contributed by atoms with Crippen LogP contribution in [0.3, 0.4) is 0 Å². The first-order valence-electron chi connectivity index (χ1n) is 20.6. The van der Waals surface area contributed by atoms with Crippen LogP contribution in [0.4, 0.5) is 5.82 Å². The number of fused-ring (bicyclic) bond motifs is 9. The highest BCUT2D eigenvalue weighted by Crippen LogP contribution is 2.38. The lowest BCUT2D eigenvalue weighted by molar-refractivity contribution is 0.0514. The van der Waals surface area contributed by atoms with Crippen LogP contribution in [0.1, 0.15) is 50.1 Å². The molecular formula is C40H56ClN17O2S. The molecule has 9 aliphatic rings. The highest BCUT2D eigenvalue weighted by Gasteiger charge is 2.37. The van der Waals surface area contributed by atoms with E-state index in [-0.39, 0.29) is 18.4 Å². The van der Waals surface area contributed by atoms with Gasteiger partial charge in [0.25, 0.3) is 0 Å². The number of anilines is 1. The minimum absolute atomic E-state index is 0. The van der Waals surface area contributed by atoms with E-state index in [1.165, 1.54) is 90.2 Å². The molecule has 9 saturated heterocycles. The van der Waals surface area contributed by atoms with Crippen LogP contribution in [0.5, 0.6) is 0 Å². The van der Waals surface area contributed by atoms with Crippen LogP contribution >= 0.6 is 12.4 Å². The largest absolute Gasteiger partial charge is 0.382 e. The lowest BCUT2D eigenvalue weighted by atomic mass is 9.84. The van der Waals surface area contributed by atoms with E-state index >= 15 is 0 Å². The Kier molecular flexibility index (Phi) is 17.8. The van der Waals surface area contributed by atoms with Crippen molar-refractivity contribution in [1.82, 2.24) is 38.6 Å². The number of nitriles is 1. The third-order valence-corrected chi connectivity index (χ3v) is 13.3. The molecule has 11 heterocycles. The van der Waals surface area contributed by atoms with Gasteiger partial charge >= 0.3 is 10.2 Å². The molecule has 9 fully saturated rings. The van der Waals surface area contributed by atoms with Gasteiger partial charge in [-0.25, -0.2) is 13.6 Å². The van der Waals surface area contributed by atoms with Crippen molar-refractivity contribution in [3.05, 3.63) is 106 Å². The number of imidazole rings is 1. The molecular weight excluding hydrogens is 818 g/mol. The van der Waals surface area contributed by atoms with Crippen molar-refractivity contribution in [2.45, 2.75) is 63.1 Å². The van der Waals surface area contributed by atoms with Gasteiger partial charge in [-0.2, -0.15) is 13.7 Å². The van der Waals surface area contributed by atoms with Crippen molar-refractivity contribution in [3.8, 4) is 17.3 Å². The number of nitrogens with two attached hydrogens (primary N) is 2. The average molecular weight is 875 g/mol. The smallest absolute Gasteiger partial charge is 0.329 e. The van der Waals surface area contributed by atoms with Gasteiger partial charge in [0.1, 0.15) is 12.0 Å². The minimum atomic E-state index is -3.90. The van der Waals surface area contributed by atoms with Crippen LogP contribution in [-0.2, 0) is 16.6 Å². The molecule has 4 N–H and O–H groups in total. The normalized spacial score (nSPS) is 27.4. The maximum atomic E-state index is 10.8. The van der Waals surface area contributed by atoms with E-state index in [9.17, 15) is 8.42 Å². The van der Waals surface area contributed by atoms with Crippen LogP contribution in [0.2, 0.25) is 0 Å². The molecule has 2 aromatic carbocycles. The summed E-state index contributed by atoms with van der Waals surface area (Å²) in [6.07, 6.45) is 11.6. The molecule has 61 heavy (non-hydrogen) atoms.